The van der Waals surface area contributed by atoms with Gasteiger partial charge in [0.1, 0.15) is 22.8 Å². The van der Waals surface area contributed by atoms with E-state index < -0.39 is 17.0 Å². The van der Waals surface area contributed by atoms with Crippen molar-refractivity contribution in [3.63, 3.8) is 0 Å². The smallest absolute Gasteiger partial charge is 0.238 e. The summed E-state index contributed by atoms with van der Waals surface area (Å²) in [5.41, 5.74) is 2.17. The SMILES string of the molecule is COc1ccc(CC(=O)Nc2cccc(C3SCC(=O)N3c3ccc(F)cc3F)c2)cc1. The molecule has 3 aromatic rings. The van der Waals surface area contributed by atoms with Gasteiger partial charge >= 0.3 is 0 Å². The third-order valence-electron chi connectivity index (χ3n) is 5.02. The molecule has 0 aliphatic carbocycles. The lowest BCUT2D eigenvalue weighted by molar-refractivity contribution is -0.116. The van der Waals surface area contributed by atoms with Gasteiger partial charge in [-0.25, -0.2) is 8.78 Å². The van der Waals surface area contributed by atoms with Crippen LogP contribution in [0.2, 0.25) is 0 Å². The number of anilines is 2. The fraction of sp³-hybridized carbons (Fsp3) is 0.167. The Bertz CT molecular complexity index is 1150. The summed E-state index contributed by atoms with van der Waals surface area (Å²) in [4.78, 5) is 26.3. The van der Waals surface area contributed by atoms with Gasteiger partial charge in [0.15, 0.2) is 0 Å². The number of halogens is 2. The van der Waals surface area contributed by atoms with E-state index in [0.717, 1.165) is 23.3 Å². The van der Waals surface area contributed by atoms with Crippen molar-refractivity contribution < 1.29 is 23.1 Å². The number of carbonyl (C=O) groups is 2. The number of hydrogen-bond donors (Lipinski definition) is 1. The van der Waals surface area contributed by atoms with E-state index in [0.29, 0.717) is 11.4 Å². The number of thioether (sulfide) groups is 1. The fourth-order valence-corrected chi connectivity index (χ4v) is 4.67. The molecule has 0 bridgehead atoms. The van der Waals surface area contributed by atoms with Crippen LogP contribution < -0.4 is 15.0 Å². The molecule has 1 atom stereocenters. The van der Waals surface area contributed by atoms with Crippen LogP contribution >= 0.6 is 11.8 Å². The zero-order valence-electron chi connectivity index (χ0n) is 17.2. The van der Waals surface area contributed by atoms with Crippen LogP contribution in [-0.4, -0.2) is 24.7 Å². The van der Waals surface area contributed by atoms with Crippen LogP contribution in [0.5, 0.6) is 5.75 Å². The molecule has 164 valence electrons. The Morgan fingerprint density at radius 1 is 1.12 bits per heavy atom. The summed E-state index contributed by atoms with van der Waals surface area (Å²) in [6.45, 7) is 0. The first kappa shape index (κ1) is 21.8. The summed E-state index contributed by atoms with van der Waals surface area (Å²) in [6.07, 6.45) is 0.192. The van der Waals surface area contributed by atoms with E-state index in [9.17, 15) is 18.4 Å². The molecule has 0 saturated carbocycles. The molecule has 1 aliphatic heterocycles. The second-order valence-electron chi connectivity index (χ2n) is 7.22. The van der Waals surface area contributed by atoms with Gasteiger partial charge in [0.25, 0.3) is 0 Å². The van der Waals surface area contributed by atoms with Crippen molar-refractivity contribution in [1.82, 2.24) is 0 Å². The number of nitrogens with zero attached hydrogens (tertiary/aromatic N) is 1. The van der Waals surface area contributed by atoms with Crippen molar-refractivity contribution in [2.75, 3.05) is 23.1 Å². The number of rotatable bonds is 6. The molecule has 1 saturated heterocycles. The van der Waals surface area contributed by atoms with Crippen LogP contribution in [0.4, 0.5) is 20.2 Å². The highest BCUT2D eigenvalue weighted by molar-refractivity contribution is 8.00. The molecule has 1 N–H and O–H groups in total. The highest BCUT2D eigenvalue weighted by atomic mass is 32.2. The average Bonchev–Trinajstić information content (AvgIpc) is 3.15. The lowest BCUT2D eigenvalue weighted by atomic mass is 10.1. The summed E-state index contributed by atoms with van der Waals surface area (Å²) in [5, 5.41) is 2.38. The monoisotopic (exact) mass is 454 g/mol. The van der Waals surface area contributed by atoms with Gasteiger partial charge in [-0.1, -0.05) is 24.3 Å². The Kier molecular flexibility index (Phi) is 6.41. The molecule has 1 unspecified atom stereocenters. The van der Waals surface area contributed by atoms with E-state index >= 15 is 0 Å². The molecule has 3 aromatic carbocycles. The van der Waals surface area contributed by atoms with E-state index in [1.807, 2.05) is 18.2 Å². The molecule has 1 fully saturated rings. The normalized spacial score (nSPS) is 15.7. The highest BCUT2D eigenvalue weighted by Gasteiger charge is 2.35. The van der Waals surface area contributed by atoms with Gasteiger partial charge < -0.3 is 10.1 Å². The molecule has 5 nitrogen and oxygen atoms in total. The Morgan fingerprint density at radius 2 is 1.91 bits per heavy atom. The first-order chi connectivity index (χ1) is 15.4. The average molecular weight is 454 g/mol. The number of carbonyl (C=O) groups excluding carboxylic acids is 2. The minimum absolute atomic E-state index is 0.0281. The maximum Gasteiger partial charge on any atom is 0.238 e. The van der Waals surface area contributed by atoms with E-state index in [4.69, 9.17) is 4.74 Å². The number of ether oxygens (including phenoxy) is 1. The van der Waals surface area contributed by atoms with Crippen molar-refractivity contribution in [2.45, 2.75) is 11.8 Å². The summed E-state index contributed by atoms with van der Waals surface area (Å²) >= 11 is 1.34. The number of nitrogens with one attached hydrogen (secondary N) is 1. The molecular formula is C24H20F2N2O3S. The lowest BCUT2D eigenvalue weighted by Gasteiger charge is -2.25. The van der Waals surface area contributed by atoms with E-state index in [-0.39, 0.29) is 29.7 Å². The molecule has 32 heavy (non-hydrogen) atoms. The van der Waals surface area contributed by atoms with E-state index in [2.05, 4.69) is 5.32 Å². The van der Waals surface area contributed by atoms with Crippen molar-refractivity contribution >= 4 is 35.0 Å². The van der Waals surface area contributed by atoms with E-state index in [1.54, 1.807) is 37.4 Å². The van der Waals surface area contributed by atoms with Crippen LogP contribution in [0.1, 0.15) is 16.5 Å². The van der Waals surface area contributed by atoms with E-state index in [1.165, 1.54) is 22.7 Å². The van der Waals surface area contributed by atoms with Crippen LogP contribution in [0.3, 0.4) is 0 Å². The molecule has 1 aliphatic rings. The Morgan fingerprint density at radius 3 is 2.62 bits per heavy atom. The third kappa shape index (κ3) is 4.75. The second kappa shape index (κ2) is 9.40. The zero-order valence-corrected chi connectivity index (χ0v) is 18.0. The molecule has 0 radical (unpaired) electrons. The molecule has 0 aromatic heterocycles. The number of methoxy groups -OCH3 is 1. The highest BCUT2D eigenvalue weighted by Crippen LogP contribution is 2.43. The van der Waals surface area contributed by atoms with Gasteiger partial charge in [-0.05, 0) is 47.5 Å². The Balaban J connectivity index is 1.51. The predicted molar refractivity (Wildman–Crippen MR) is 121 cm³/mol. The topological polar surface area (TPSA) is 58.6 Å². The van der Waals surface area contributed by atoms with Gasteiger partial charge in [0.2, 0.25) is 11.8 Å². The summed E-state index contributed by atoms with van der Waals surface area (Å²) in [5.74, 6) is -1.07. The molecule has 1 heterocycles. The summed E-state index contributed by atoms with van der Waals surface area (Å²) in [7, 11) is 1.58. The zero-order chi connectivity index (χ0) is 22.7. The summed E-state index contributed by atoms with van der Waals surface area (Å²) < 4.78 is 32.8. The van der Waals surface area contributed by atoms with Crippen molar-refractivity contribution in [1.29, 1.82) is 0 Å². The van der Waals surface area contributed by atoms with Crippen molar-refractivity contribution in [3.8, 4) is 5.75 Å². The third-order valence-corrected chi connectivity index (χ3v) is 6.23. The largest absolute Gasteiger partial charge is 0.497 e. The molecule has 4 rings (SSSR count). The van der Waals surface area contributed by atoms with Crippen LogP contribution in [0, 0.1) is 11.6 Å². The first-order valence-corrected chi connectivity index (χ1v) is 10.9. The molecular weight excluding hydrogens is 434 g/mol. The standard InChI is InChI=1S/C24H20F2N2O3S/c1-31-19-8-5-15(6-9-19)11-22(29)27-18-4-2-3-16(12-18)24-28(23(30)14-32-24)21-10-7-17(25)13-20(21)26/h2-10,12-13,24H,11,14H2,1H3,(H,27,29). The Hall–Kier alpha value is -3.39. The molecule has 0 spiro atoms. The maximum absolute atomic E-state index is 14.4. The number of hydrogen-bond acceptors (Lipinski definition) is 4. The van der Waals surface area contributed by atoms with Gasteiger partial charge in [0, 0.05) is 11.8 Å². The van der Waals surface area contributed by atoms with Crippen molar-refractivity contribution in [2.24, 2.45) is 0 Å². The number of benzene rings is 3. The van der Waals surface area contributed by atoms with Gasteiger partial charge in [-0.3, -0.25) is 14.5 Å². The van der Waals surface area contributed by atoms with Crippen LogP contribution in [-0.2, 0) is 16.0 Å². The first-order valence-electron chi connectivity index (χ1n) is 9.86. The second-order valence-corrected chi connectivity index (χ2v) is 8.29. The fourth-order valence-electron chi connectivity index (χ4n) is 3.51. The number of amides is 2. The van der Waals surface area contributed by atoms with Gasteiger partial charge in [-0.15, -0.1) is 11.8 Å². The van der Waals surface area contributed by atoms with Gasteiger partial charge in [-0.2, -0.15) is 0 Å². The molecule has 8 heteroatoms. The quantitative estimate of drug-likeness (QED) is 0.574. The Labute approximate surface area is 188 Å². The maximum atomic E-state index is 14.4. The minimum Gasteiger partial charge on any atom is -0.497 e. The minimum atomic E-state index is -0.796. The molecule has 2 amide bonds. The summed E-state index contributed by atoms with van der Waals surface area (Å²) in [6, 6.07) is 17.5. The van der Waals surface area contributed by atoms with Crippen LogP contribution in [0.15, 0.2) is 66.7 Å². The van der Waals surface area contributed by atoms with Crippen LogP contribution in [0.25, 0.3) is 0 Å². The predicted octanol–water partition coefficient (Wildman–Crippen LogP) is 4.93. The van der Waals surface area contributed by atoms with Crippen molar-refractivity contribution in [3.05, 3.63) is 89.5 Å². The van der Waals surface area contributed by atoms with Gasteiger partial charge in [0.05, 0.1) is 25.0 Å². The lowest BCUT2D eigenvalue weighted by Crippen LogP contribution is -2.28.